The Morgan fingerprint density at radius 1 is 1.17 bits per heavy atom. The van der Waals surface area contributed by atoms with E-state index in [1.165, 1.54) is 0 Å². The van der Waals surface area contributed by atoms with Crippen molar-refractivity contribution in [2.45, 2.75) is 26.2 Å². The number of amides is 1. The monoisotopic (exact) mass is 387 g/mol. The van der Waals surface area contributed by atoms with E-state index in [2.05, 4.69) is 10.1 Å². The van der Waals surface area contributed by atoms with E-state index >= 15 is 0 Å². The van der Waals surface area contributed by atoms with Crippen LogP contribution in [0.25, 0.3) is 17.5 Å². The second-order valence-electron chi connectivity index (χ2n) is 7.57. The number of likely N-dealkylation sites (tertiary alicyclic amines) is 1. The van der Waals surface area contributed by atoms with Crippen LogP contribution in [0, 0.1) is 12.8 Å². The third kappa shape index (κ3) is 4.80. The number of hydrogen-bond donors (Lipinski definition) is 0. The highest BCUT2D eigenvalue weighted by Crippen LogP contribution is 2.24. The minimum atomic E-state index is 0.0599. The van der Waals surface area contributed by atoms with Gasteiger partial charge in [0.15, 0.2) is 0 Å². The maximum atomic E-state index is 12.6. The van der Waals surface area contributed by atoms with Crippen LogP contribution in [0.1, 0.15) is 29.9 Å². The van der Waals surface area contributed by atoms with E-state index in [0.29, 0.717) is 24.1 Å². The van der Waals surface area contributed by atoms with Crippen LogP contribution in [0.15, 0.2) is 65.2 Å². The van der Waals surface area contributed by atoms with Crippen LogP contribution in [-0.2, 0) is 11.2 Å². The molecule has 5 heteroatoms. The van der Waals surface area contributed by atoms with E-state index in [9.17, 15) is 4.79 Å². The molecule has 2 heterocycles. The van der Waals surface area contributed by atoms with Crippen molar-refractivity contribution in [1.29, 1.82) is 0 Å². The first-order valence-corrected chi connectivity index (χ1v) is 10.1. The number of benzene rings is 2. The second kappa shape index (κ2) is 8.86. The Labute approximate surface area is 171 Å². The van der Waals surface area contributed by atoms with E-state index in [-0.39, 0.29) is 5.91 Å². The molecule has 1 aliphatic heterocycles. The Morgan fingerprint density at radius 2 is 1.97 bits per heavy atom. The molecule has 3 aromatic rings. The number of aryl methyl sites for hydroxylation is 1. The molecule has 1 saturated heterocycles. The average molecular weight is 387 g/mol. The first-order valence-electron chi connectivity index (χ1n) is 10.1. The maximum Gasteiger partial charge on any atom is 0.246 e. The predicted molar refractivity (Wildman–Crippen MR) is 113 cm³/mol. The van der Waals surface area contributed by atoms with Gasteiger partial charge in [0.05, 0.1) is 0 Å². The van der Waals surface area contributed by atoms with E-state index < -0.39 is 0 Å². The van der Waals surface area contributed by atoms with Gasteiger partial charge in [-0.1, -0.05) is 59.8 Å². The van der Waals surface area contributed by atoms with Crippen molar-refractivity contribution in [3.8, 4) is 11.4 Å². The van der Waals surface area contributed by atoms with Gasteiger partial charge in [-0.15, -0.1) is 0 Å². The maximum absolute atomic E-state index is 12.6. The molecule has 1 amide bonds. The standard InChI is InChI=1S/C24H25N3O2/c1-18-8-5-6-12-21(18)24-25-22(29-26-24)16-20-11-7-15-27(17-20)23(28)14-13-19-9-3-2-4-10-19/h2-6,8-10,12-14,20H,7,11,15-17H2,1H3. The molecule has 0 radical (unpaired) electrons. The number of carbonyl (C=O) groups excluding carboxylic acids is 1. The number of aromatic nitrogens is 2. The van der Waals surface area contributed by atoms with Crippen LogP contribution < -0.4 is 0 Å². The van der Waals surface area contributed by atoms with Gasteiger partial charge in [0.2, 0.25) is 17.6 Å². The van der Waals surface area contributed by atoms with Crippen LogP contribution in [0.2, 0.25) is 0 Å². The van der Waals surface area contributed by atoms with Gasteiger partial charge in [-0.05, 0) is 42.9 Å². The van der Waals surface area contributed by atoms with Crippen molar-refractivity contribution in [1.82, 2.24) is 15.0 Å². The van der Waals surface area contributed by atoms with Gasteiger partial charge in [0.25, 0.3) is 0 Å². The summed E-state index contributed by atoms with van der Waals surface area (Å²) >= 11 is 0. The zero-order valence-corrected chi connectivity index (χ0v) is 16.6. The van der Waals surface area contributed by atoms with Crippen molar-refractivity contribution in [2.24, 2.45) is 5.92 Å². The van der Waals surface area contributed by atoms with Gasteiger partial charge < -0.3 is 9.42 Å². The molecule has 0 saturated carbocycles. The molecule has 148 valence electrons. The van der Waals surface area contributed by atoms with Crippen LogP contribution in [-0.4, -0.2) is 34.0 Å². The van der Waals surface area contributed by atoms with E-state index in [1.54, 1.807) is 6.08 Å². The molecule has 5 nitrogen and oxygen atoms in total. The largest absolute Gasteiger partial charge is 0.339 e. The molecule has 29 heavy (non-hydrogen) atoms. The molecule has 2 aromatic carbocycles. The van der Waals surface area contributed by atoms with Gasteiger partial charge in [0.1, 0.15) is 0 Å². The van der Waals surface area contributed by atoms with E-state index in [0.717, 1.165) is 42.6 Å². The molecule has 1 aliphatic rings. The summed E-state index contributed by atoms with van der Waals surface area (Å²) in [4.78, 5) is 19.1. The molecule has 1 fully saturated rings. The Hall–Kier alpha value is -3.21. The lowest BCUT2D eigenvalue weighted by molar-refractivity contribution is -0.127. The predicted octanol–water partition coefficient (Wildman–Crippen LogP) is 4.54. The molecule has 0 bridgehead atoms. The van der Waals surface area contributed by atoms with Crippen LogP contribution in [0.3, 0.4) is 0 Å². The fourth-order valence-corrected chi connectivity index (χ4v) is 3.79. The van der Waals surface area contributed by atoms with Crippen molar-refractivity contribution in [3.05, 3.63) is 77.7 Å². The van der Waals surface area contributed by atoms with Crippen LogP contribution >= 0.6 is 0 Å². The summed E-state index contributed by atoms with van der Waals surface area (Å²) in [6.07, 6.45) is 6.30. The number of nitrogens with zero attached hydrogens (tertiary/aromatic N) is 3. The number of carbonyl (C=O) groups is 1. The quantitative estimate of drug-likeness (QED) is 0.603. The van der Waals surface area contributed by atoms with Crippen LogP contribution in [0.4, 0.5) is 0 Å². The lowest BCUT2D eigenvalue weighted by Gasteiger charge is -2.31. The van der Waals surface area contributed by atoms with Gasteiger partial charge in [-0.2, -0.15) is 4.98 Å². The Bertz CT molecular complexity index is 994. The van der Waals surface area contributed by atoms with Crippen molar-refractivity contribution < 1.29 is 9.32 Å². The highest BCUT2D eigenvalue weighted by Gasteiger charge is 2.24. The zero-order chi connectivity index (χ0) is 20.1. The van der Waals surface area contributed by atoms with Crippen molar-refractivity contribution >= 4 is 12.0 Å². The molecule has 0 spiro atoms. The zero-order valence-electron chi connectivity index (χ0n) is 16.6. The van der Waals surface area contributed by atoms with Gasteiger partial charge in [0, 0.05) is 31.1 Å². The summed E-state index contributed by atoms with van der Waals surface area (Å²) < 4.78 is 5.50. The Kier molecular flexibility index (Phi) is 5.84. The summed E-state index contributed by atoms with van der Waals surface area (Å²) in [7, 11) is 0. The highest BCUT2D eigenvalue weighted by molar-refractivity contribution is 5.91. The SMILES string of the molecule is Cc1ccccc1-c1noc(CC2CCCN(C(=O)C=Cc3ccccc3)C2)n1. The molecule has 0 aliphatic carbocycles. The molecule has 1 unspecified atom stereocenters. The fraction of sp³-hybridized carbons (Fsp3) is 0.292. The molecule has 1 aromatic heterocycles. The van der Waals surface area contributed by atoms with Gasteiger partial charge >= 0.3 is 0 Å². The van der Waals surface area contributed by atoms with Gasteiger partial charge in [-0.3, -0.25) is 4.79 Å². The van der Waals surface area contributed by atoms with E-state index in [4.69, 9.17) is 4.52 Å². The summed E-state index contributed by atoms with van der Waals surface area (Å²) in [5.41, 5.74) is 3.15. The molecule has 0 N–H and O–H groups in total. The van der Waals surface area contributed by atoms with Crippen LogP contribution in [0.5, 0.6) is 0 Å². The van der Waals surface area contributed by atoms with E-state index in [1.807, 2.05) is 72.5 Å². The molecular formula is C24H25N3O2. The van der Waals surface area contributed by atoms with Gasteiger partial charge in [-0.25, -0.2) is 0 Å². The fourth-order valence-electron chi connectivity index (χ4n) is 3.79. The normalized spacial score (nSPS) is 17.0. The number of hydrogen-bond acceptors (Lipinski definition) is 4. The Morgan fingerprint density at radius 3 is 2.79 bits per heavy atom. The summed E-state index contributed by atoms with van der Waals surface area (Å²) in [5.74, 6) is 1.67. The first kappa shape index (κ1) is 19.1. The minimum absolute atomic E-state index is 0.0599. The number of rotatable bonds is 5. The molecular weight excluding hydrogens is 362 g/mol. The first-order chi connectivity index (χ1) is 14.2. The van der Waals surface area contributed by atoms with Crippen molar-refractivity contribution in [2.75, 3.05) is 13.1 Å². The average Bonchev–Trinajstić information content (AvgIpc) is 3.21. The topological polar surface area (TPSA) is 59.2 Å². The lowest BCUT2D eigenvalue weighted by Crippen LogP contribution is -2.39. The summed E-state index contributed by atoms with van der Waals surface area (Å²) in [6, 6.07) is 17.9. The third-order valence-corrected chi connectivity index (χ3v) is 5.37. The second-order valence-corrected chi connectivity index (χ2v) is 7.57. The lowest BCUT2D eigenvalue weighted by atomic mass is 9.94. The molecule has 1 atom stereocenters. The number of piperidine rings is 1. The molecule has 4 rings (SSSR count). The third-order valence-electron chi connectivity index (χ3n) is 5.37. The smallest absolute Gasteiger partial charge is 0.246 e. The Balaban J connectivity index is 1.37. The summed E-state index contributed by atoms with van der Waals surface area (Å²) in [5, 5.41) is 4.15. The summed E-state index contributed by atoms with van der Waals surface area (Å²) in [6.45, 7) is 3.56. The highest BCUT2D eigenvalue weighted by atomic mass is 16.5. The minimum Gasteiger partial charge on any atom is -0.339 e. The van der Waals surface area contributed by atoms with Crippen molar-refractivity contribution in [3.63, 3.8) is 0 Å².